The van der Waals surface area contributed by atoms with E-state index in [9.17, 15) is 0 Å². The summed E-state index contributed by atoms with van der Waals surface area (Å²) >= 11 is 0. The summed E-state index contributed by atoms with van der Waals surface area (Å²) in [5.41, 5.74) is 1.39. The number of nitrogens with zero attached hydrogens (tertiary/aromatic N) is 2. The van der Waals surface area contributed by atoms with E-state index < -0.39 is 0 Å². The monoisotopic (exact) mass is 238 g/mol. The first kappa shape index (κ1) is 15.8. The van der Waals surface area contributed by atoms with Crippen LogP contribution in [0.25, 0.3) is 0 Å². The van der Waals surface area contributed by atoms with Gasteiger partial charge in [-0.15, -0.1) is 0 Å². The SMILES string of the molecule is CN(CCc1c[c-]ccc1)CCN1CCCC1.[Li+]. The molecule has 0 N–H and O–H groups in total. The van der Waals surface area contributed by atoms with Crippen molar-refractivity contribution in [3.63, 3.8) is 0 Å². The molecule has 1 aromatic rings. The Balaban J connectivity index is 0.00000162. The first-order chi connectivity index (χ1) is 8.34. The smallest absolute Gasteiger partial charge is 0.306 e. The molecule has 0 radical (unpaired) electrons. The van der Waals surface area contributed by atoms with Crippen LogP contribution >= 0.6 is 0 Å². The van der Waals surface area contributed by atoms with Gasteiger partial charge in [0.2, 0.25) is 0 Å². The Morgan fingerprint density at radius 2 is 2.06 bits per heavy atom. The third-order valence-electron chi connectivity index (χ3n) is 3.55. The van der Waals surface area contributed by atoms with Crippen LogP contribution in [-0.2, 0) is 6.42 Å². The molecule has 1 saturated heterocycles. The van der Waals surface area contributed by atoms with E-state index in [0.717, 1.165) is 13.0 Å². The zero-order valence-corrected chi connectivity index (χ0v) is 11.9. The summed E-state index contributed by atoms with van der Waals surface area (Å²) in [6, 6.07) is 11.4. The van der Waals surface area contributed by atoms with Gasteiger partial charge in [-0.2, -0.15) is 35.9 Å². The summed E-state index contributed by atoms with van der Waals surface area (Å²) in [7, 11) is 2.22. The quantitative estimate of drug-likeness (QED) is 0.466. The molecule has 0 saturated carbocycles. The number of rotatable bonds is 6. The fraction of sp³-hybridized carbons (Fsp3) is 0.600. The van der Waals surface area contributed by atoms with Crippen molar-refractivity contribution >= 4 is 0 Å². The van der Waals surface area contributed by atoms with Crippen molar-refractivity contribution in [2.45, 2.75) is 19.3 Å². The molecule has 0 aliphatic carbocycles. The Bertz CT molecular complexity index is 310. The normalized spacial score (nSPS) is 15.9. The molecule has 3 heteroatoms. The Labute approximate surface area is 124 Å². The van der Waals surface area contributed by atoms with E-state index in [2.05, 4.69) is 41.1 Å². The topological polar surface area (TPSA) is 6.48 Å². The van der Waals surface area contributed by atoms with Gasteiger partial charge in [0, 0.05) is 13.1 Å². The van der Waals surface area contributed by atoms with Crippen LogP contribution in [0.2, 0.25) is 0 Å². The molecule has 18 heavy (non-hydrogen) atoms. The first-order valence-corrected chi connectivity index (χ1v) is 6.70. The molecule has 0 aromatic heterocycles. The second-order valence-electron chi connectivity index (χ2n) is 5.01. The van der Waals surface area contributed by atoms with Gasteiger partial charge < -0.3 is 9.80 Å². The van der Waals surface area contributed by atoms with E-state index in [1.54, 1.807) is 0 Å². The third kappa shape index (κ3) is 5.59. The van der Waals surface area contributed by atoms with E-state index in [4.69, 9.17) is 0 Å². The molecule has 1 heterocycles. The molecule has 2 rings (SSSR count). The zero-order chi connectivity index (χ0) is 11.9. The molecular weight excluding hydrogens is 215 g/mol. The number of benzene rings is 1. The fourth-order valence-electron chi connectivity index (χ4n) is 2.34. The van der Waals surface area contributed by atoms with Gasteiger partial charge in [-0.3, -0.25) is 0 Å². The predicted octanol–water partition coefficient (Wildman–Crippen LogP) is -0.939. The van der Waals surface area contributed by atoms with Gasteiger partial charge in [0.1, 0.15) is 0 Å². The van der Waals surface area contributed by atoms with Gasteiger partial charge >= 0.3 is 18.9 Å². The maximum Gasteiger partial charge on any atom is 1.00 e. The van der Waals surface area contributed by atoms with Crippen molar-refractivity contribution in [3.8, 4) is 0 Å². The molecular formula is C15H23LiN2. The summed E-state index contributed by atoms with van der Waals surface area (Å²) in [5, 5.41) is 0. The number of likely N-dealkylation sites (tertiary alicyclic amines) is 1. The minimum Gasteiger partial charge on any atom is -0.306 e. The van der Waals surface area contributed by atoms with Gasteiger partial charge in [-0.05, 0) is 39.5 Å². The second kappa shape index (κ2) is 8.77. The van der Waals surface area contributed by atoms with Crippen molar-refractivity contribution in [1.29, 1.82) is 0 Å². The Morgan fingerprint density at radius 1 is 1.28 bits per heavy atom. The molecule has 2 nitrogen and oxygen atoms in total. The van der Waals surface area contributed by atoms with Crippen LogP contribution in [-0.4, -0.2) is 49.6 Å². The van der Waals surface area contributed by atoms with Crippen molar-refractivity contribution < 1.29 is 18.9 Å². The van der Waals surface area contributed by atoms with Crippen LogP contribution in [0, 0.1) is 6.07 Å². The molecule has 94 valence electrons. The van der Waals surface area contributed by atoms with Crippen LogP contribution in [0.4, 0.5) is 0 Å². The average Bonchev–Trinajstić information content (AvgIpc) is 2.88. The maximum absolute atomic E-state index is 3.13. The Kier molecular flexibility index (Phi) is 7.70. The van der Waals surface area contributed by atoms with Crippen LogP contribution < -0.4 is 18.9 Å². The van der Waals surface area contributed by atoms with E-state index in [1.807, 2.05) is 6.07 Å². The summed E-state index contributed by atoms with van der Waals surface area (Å²) in [5.74, 6) is 0. The summed E-state index contributed by atoms with van der Waals surface area (Å²) in [6.45, 7) is 6.18. The van der Waals surface area contributed by atoms with Crippen molar-refractivity contribution in [3.05, 3.63) is 35.9 Å². The van der Waals surface area contributed by atoms with Crippen LogP contribution in [0.5, 0.6) is 0 Å². The predicted molar refractivity (Wildman–Crippen MR) is 72.2 cm³/mol. The van der Waals surface area contributed by atoms with E-state index in [1.165, 1.54) is 44.6 Å². The molecule has 0 bridgehead atoms. The van der Waals surface area contributed by atoms with Gasteiger partial charge in [0.05, 0.1) is 0 Å². The van der Waals surface area contributed by atoms with Crippen molar-refractivity contribution in [2.75, 3.05) is 39.8 Å². The molecule has 0 unspecified atom stereocenters. The van der Waals surface area contributed by atoms with Crippen molar-refractivity contribution in [2.24, 2.45) is 0 Å². The Morgan fingerprint density at radius 3 is 2.72 bits per heavy atom. The largest absolute Gasteiger partial charge is 1.00 e. The standard InChI is InChI=1S/C15H23N2.Li/c1-16(13-14-17-10-5-6-11-17)12-9-15-7-3-2-4-8-15;/h2-3,7-8H,5-6,9-14H2,1H3;/q-1;+1. The number of hydrogen-bond acceptors (Lipinski definition) is 2. The minimum absolute atomic E-state index is 0. The molecule has 0 atom stereocenters. The average molecular weight is 238 g/mol. The molecule has 0 amide bonds. The number of likely N-dealkylation sites (N-methyl/N-ethyl adjacent to an activating group) is 1. The van der Waals surface area contributed by atoms with E-state index in [0.29, 0.717) is 0 Å². The first-order valence-electron chi connectivity index (χ1n) is 6.70. The summed E-state index contributed by atoms with van der Waals surface area (Å²) < 4.78 is 0. The van der Waals surface area contributed by atoms with E-state index in [-0.39, 0.29) is 18.9 Å². The van der Waals surface area contributed by atoms with Crippen LogP contribution in [0.1, 0.15) is 18.4 Å². The van der Waals surface area contributed by atoms with Crippen LogP contribution in [0.15, 0.2) is 24.3 Å². The van der Waals surface area contributed by atoms with Crippen molar-refractivity contribution in [1.82, 2.24) is 9.80 Å². The second-order valence-corrected chi connectivity index (χ2v) is 5.01. The van der Waals surface area contributed by atoms with Gasteiger partial charge in [-0.1, -0.05) is 6.42 Å². The maximum atomic E-state index is 3.13. The minimum atomic E-state index is 0. The molecule has 1 fully saturated rings. The van der Waals surface area contributed by atoms with Gasteiger partial charge in [-0.25, -0.2) is 0 Å². The fourth-order valence-corrected chi connectivity index (χ4v) is 2.34. The van der Waals surface area contributed by atoms with Gasteiger partial charge in [0.15, 0.2) is 0 Å². The molecule has 1 aliphatic rings. The van der Waals surface area contributed by atoms with Gasteiger partial charge in [0.25, 0.3) is 0 Å². The zero-order valence-electron chi connectivity index (χ0n) is 11.9. The van der Waals surface area contributed by atoms with Crippen LogP contribution in [0.3, 0.4) is 0 Å². The van der Waals surface area contributed by atoms with E-state index >= 15 is 0 Å². The number of hydrogen-bond donors (Lipinski definition) is 0. The summed E-state index contributed by atoms with van der Waals surface area (Å²) in [4.78, 5) is 5.01. The molecule has 0 spiro atoms. The summed E-state index contributed by atoms with van der Waals surface area (Å²) in [6.07, 6.45) is 3.92. The Hall–Kier alpha value is -0.263. The molecule has 1 aliphatic heterocycles. The third-order valence-corrected chi connectivity index (χ3v) is 3.55. The molecule has 1 aromatic carbocycles.